The van der Waals surface area contributed by atoms with Gasteiger partial charge in [0, 0.05) is 12.0 Å². The summed E-state index contributed by atoms with van der Waals surface area (Å²) in [5.41, 5.74) is 2.14. The van der Waals surface area contributed by atoms with Crippen LogP contribution in [-0.2, 0) is 0 Å². The van der Waals surface area contributed by atoms with Crippen molar-refractivity contribution in [3.63, 3.8) is 0 Å². The quantitative estimate of drug-likeness (QED) is 0.923. The molecule has 1 saturated carbocycles. The molecule has 1 aliphatic carbocycles. The Morgan fingerprint density at radius 3 is 2.60 bits per heavy atom. The number of hydrogen-bond acceptors (Lipinski definition) is 2. The molecule has 0 spiro atoms. The standard InChI is InChI=1S/C16H20N2O2/c1-9(2)14-17-11-7-5-6-10(15(19)20)13(11)18(14)12-8-16(12,3)4/h5-7,9,12H,8H2,1-4H3,(H,19,20). The summed E-state index contributed by atoms with van der Waals surface area (Å²) in [6.07, 6.45) is 1.08. The molecule has 0 amide bonds. The summed E-state index contributed by atoms with van der Waals surface area (Å²) < 4.78 is 2.17. The molecule has 1 fully saturated rings. The van der Waals surface area contributed by atoms with Gasteiger partial charge in [0.25, 0.3) is 0 Å². The molecule has 1 aromatic heterocycles. The Balaban J connectivity index is 2.33. The average molecular weight is 272 g/mol. The maximum absolute atomic E-state index is 11.5. The summed E-state index contributed by atoms with van der Waals surface area (Å²) in [5, 5.41) is 9.45. The molecule has 106 valence electrons. The van der Waals surface area contributed by atoms with E-state index in [9.17, 15) is 9.90 Å². The first-order valence-electron chi connectivity index (χ1n) is 7.07. The number of aromatic carboxylic acids is 1. The second-order valence-corrected chi connectivity index (χ2v) is 6.68. The fraction of sp³-hybridized carbons (Fsp3) is 0.500. The van der Waals surface area contributed by atoms with Gasteiger partial charge in [0.2, 0.25) is 0 Å². The zero-order valence-electron chi connectivity index (χ0n) is 12.3. The molecule has 20 heavy (non-hydrogen) atoms. The molecule has 4 heteroatoms. The zero-order chi connectivity index (χ0) is 14.7. The van der Waals surface area contributed by atoms with Gasteiger partial charge in [0.05, 0.1) is 16.6 Å². The summed E-state index contributed by atoms with van der Waals surface area (Å²) >= 11 is 0. The predicted molar refractivity (Wildman–Crippen MR) is 78.2 cm³/mol. The van der Waals surface area contributed by atoms with Gasteiger partial charge in [-0.05, 0) is 24.0 Å². The first-order valence-corrected chi connectivity index (χ1v) is 7.07. The van der Waals surface area contributed by atoms with Crippen molar-refractivity contribution in [1.29, 1.82) is 0 Å². The summed E-state index contributed by atoms with van der Waals surface area (Å²) in [5.74, 6) is 0.384. The van der Waals surface area contributed by atoms with E-state index in [2.05, 4.69) is 37.2 Å². The summed E-state index contributed by atoms with van der Waals surface area (Å²) in [4.78, 5) is 16.2. The Morgan fingerprint density at radius 1 is 1.45 bits per heavy atom. The van der Waals surface area contributed by atoms with Crippen LogP contribution in [0.5, 0.6) is 0 Å². The third-order valence-electron chi connectivity index (χ3n) is 4.26. The van der Waals surface area contributed by atoms with Gasteiger partial charge in [-0.1, -0.05) is 33.8 Å². The number of rotatable bonds is 3. The Morgan fingerprint density at radius 2 is 2.10 bits per heavy atom. The Labute approximate surface area is 118 Å². The smallest absolute Gasteiger partial charge is 0.337 e. The van der Waals surface area contributed by atoms with Crippen molar-refractivity contribution in [3.05, 3.63) is 29.6 Å². The van der Waals surface area contributed by atoms with Crippen LogP contribution >= 0.6 is 0 Å². The Kier molecular flexibility index (Phi) is 2.68. The van der Waals surface area contributed by atoms with Crippen molar-refractivity contribution < 1.29 is 9.90 Å². The minimum atomic E-state index is -0.884. The van der Waals surface area contributed by atoms with E-state index in [4.69, 9.17) is 0 Å². The molecule has 0 aliphatic heterocycles. The highest BCUT2D eigenvalue weighted by molar-refractivity contribution is 6.01. The topological polar surface area (TPSA) is 55.1 Å². The number of benzene rings is 1. The maximum atomic E-state index is 11.5. The normalized spacial score (nSPS) is 20.6. The van der Waals surface area contributed by atoms with Gasteiger partial charge in [0.15, 0.2) is 0 Å². The molecule has 1 aliphatic rings. The first-order chi connectivity index (χ1) is 9.33. The molecule has 1 heterocycles. The molecule has 4 nitrogen and oxygen atoms in total. The van der Waals surface area contributed by atoms with Gasteiger partial charge in [-0.15, -0.1) is 0 Å². The van der Waals surface area contributed by atoms with Gasteiger partial charge in [-0.25, -0.2) is 9.78 Å². The van der Waals surface area contributed by atoms with Crippen LogP contribution in [0.1, 0.15) is 62.3 Å². The lowest BCUT2D eigenvalue weighted by atomic mass is 10.1. The predicted octanol–water partition coefficient (Wildman–Crippen LogP) is 3.83. The average Bonchev–Trinajstić information content (AvgIpc) is 2.84. The van der Waals surface area contributed by atoms with Gasteiger partial charge in [-0.2, -0.15) is 0 Å². The molecule has 0 saturated heterocycles. The molecule has 1 aromatic carbocycles. The van der Waals surface area contributed by atoms with Gasteiger partial charge < -0.3 is 9.67 Å². The van der Waals surface area contributed by atoms with E-state index in [1.54, 1.807) is 12.1 Å². The minimum Gasteiger partial charge on any atom is -0.478 e. The summed E-state index contributed by atoms with van der Waals surface area (Å²) in [7, 11) is 0. The number of carboxylic acid groups (broad SMARTS) is 1. The van der Waals surface area contributed by atoms with Gasteiger partial charge in [0.1, 0.15) is 5.82 Å². The fourth-order valence-electron chi connectivity index (χ4n) is 2.94. The SMILES string of the molecule is CC(C)c1nc2cccc(C(=O)O)c2n1C1CC1(C)C. The van der Waals surface area contributed by atoms with E-state index in [1.165, 1.54) is 0 Å². The molecular formula is C16H20N2O2. The number of carbonyl (C=O) groups is 1. The van der Waals surface area contributed by atoms with Crippen molar-refractivity contribution in [2.24, 2.45) is 5.41 Å². The number of carboxylic acids is 1. The van der Waals surface area contributed by atoms with Crippen molar-refractivity contribution in [2.75, 3.05) is 0 Å². The van der Waals surface area contributed by atoms with Crippen molar-refractivity contribution >= 4 is 17.0 Å². The van der Waals surface area contributed by atoms with Crippen LogP contribution in [-0.4, -0.2) is 20.6 Å². The third-order valence-corrected chi connectivity index (χ3v) is 4.26. The second kappa shape index (κ2) is 4.08. The molecule has 0 bridgehead atoms. The minimum absolute atomic E-state index is 0.225. The number of aromatic nitrogens is 2. The van der Waals surface area contributed by atoms with Crippen LogP contribution in [0.25, 0.3) is 11.0 Å². The lowest BCUT2D eigenvalue weighted by Crippen LogP contribution is -2.09. The maximum Gasteiger partial charge on any atom is 0.337 e. The lowest BCUT2D eigenvalue weighted by Gasteiger charge is -2.14. The number of fused-ring (bicyclic) bond motifs is 1. The number of para-hydroxylation sites is 1. The highest BCUT2D eigenvalue weighted by atomic mass is 16.4. The van der Waals surface area contributed by atoms with Crippen molar-refractivity contribution in [1.82, 2.24) is 9.55 Å². The van der Waals surface area contributed by atoms with Crippen LogP contribution in [0.2, 0.25) is 0 Å². The first kappa shape index (κ1) is 13.2. The lowest BCUT2D eigenvalue weighted by molar-refractivity contribution is 0.0698. The van der Waals surface area contributed by atoms with Crippen LogP contribution in [0.15, 0.2) is 18.2 Å². The van der Waals surface area contributed by atoms with E-state index in [0.717, 1.165) is 23.3 Å². The van der Waals surface area contributed by atoms with E-state index in [0.29, 0.717) is 11.6 Å². The molecular weight excluding hydrogens is 252 g/mol. The molecule has 1 N–H and O–H groups in total. The van der Waals surface area contributed by atoms with Crippen molar-refractivity contribution in [2.45, 2.75) is 46.1 Å². The molecule has 3 rings (SSSR count). The van der Waals surface area contributed by atoms with Crippen LogP contribution < -0.4 is 0 Å². The molecule has 1 unspecified atom stereocenters. The summed E-state index contributed by atoms with van der Waals surface area (Å²) in [6.45, 7) is 8.65. The van der Waals surface area contributed by atoms with Crippen molar-refractivity contribution in [3.8, 4) is 0 Å². The Hall–Kier alpha value is -1.84. The number of nitrogens with zero attached hydrogens (tertiary/aromatic N) is 2. The van der Waals surface area contributed by atoms with Crippen LogP contribution in [0.3, 0.4) is 0 Å². The molecule has 1 atom stereocenters. The second-order valence-electron chi connectivity index (χ2n) is 6.68. The monoisotopic (exact) mass is 272 g/mol. The fourth-order valence-corrected chi connectivity index (χ4v) is 2.94. The largest absolute Gasteiger partial charge is 0.478 e. The highest BCUT2D eigenvalue weighted by Crippen LogP contribution is 2.57. The summed E-state index contributed by atoms with van der Waals surface area (Å²) in [6, 6.07) is 5.69. The molecule has 0 radical (unpaired) electrons. The number of hydrogen-bond donors (Lipinski definition) is 1. The van der Waals surface area contributed by atoms with E-state index < -0.39 is 5.97 Å². The van der Waals surface area contributed by atoms with E-state index in [-0.39, 0.29) is 11.3 Å². The van der Waals surface area contributed by atoms with E-state index in [1.807, 2.05) is 6.07 Å². The van der Waals surface area contributed by atoms with E-state index >= 15 is 0 Å². The number of imidazole rings is 1. The third kappa shape index (κ3) is 1.82. The Bertz CT molecular complexity index is 698. The zero-order valence-corrected chi connectivity index (χ0v) is 12.3. The van der Waals surface area contributed by atoms with Crippen LogP contribution in [0, 0.1) is 5.41 Å². The molecule has 2 aromatic rings. The van der Waals surface area contributed by atoms with Gasteiger partial charge in [-0.3, -0.25) is 0 Å². The van der Waals surface area contributed by atoms with Crippen LogP contribution in [0.4, 0.5) is 0 Å². The highest BCUT2D eigenvalue weighted by Gasteiger charge is 2.49. The van der Waals surface area contributed by atoms with Gasteiger partial charge >= 0.3 is 5.97 Å².